The monoisotopic (exact) mass is 443 g/mol. The highest BCUT2D eigenvalue weighted by molar-refractivity contribution is 7.89. The van der Waals surface area contributed by atoms with Gasteiger partial charge < -0.3 is 15.4 Å². The Labute approximate surface area is 181 Å². The van der Waals surface area contributed by atoms with E-state index in [0.29, 0.717) is 30.8 Å². The first-order valence-corrected chi connectivity index (χ1v) is 11.6. The van der Waals surface area contributed by atoms with Crippen LogP contribution in [0, 0.1) is 19.8 Å². The average Bonchev–Trinajstić information content (AvgIpc) is 2.75. The lowest BCUT2D eigenvalue weighted by atomic mass is 9.98. The number of amides is 2. The molecule has 2 aliphatic rings. The van der Waals surface area contributed by atoms with Gasteiger partial charge in [-0.1, -0.05) is 12.1 Å². The molecule has 2 aliphatic heterocycles. The number of aryl methyl sites for hydroxylation is 2. The number of sulfonamides is 1. The number of piperidine rings is 1. The maximum absolute atomic E-state index is 13.2. The number of rotatable bonds is 4. The molecule has 0 spiro atoms. The zero-order valence-corrected chi connectivity index (χ0v) is 18.3. The third-order valence-electron chi connectivity index (χ3n) is 5.63. The van der Waals surface area contributed by atoms with Crippen molar-refractivity contribution in [2.24, 2.45) is 5.92 Å². The molecule has 2 N–H and O–H groups in total. The summed E-state index contributed by atoms with van der Waals surface area (Å²) in [6.45, 7) is 4.23. The Bertz CT molecular complexity index is 1150. The highest BCUT2D eigenvalue weighted by Gasteiger charge is 2.34. The number of nitrogens with zero attached hydrogens (tertiary/aromatic N) is 1. The Balaban J connectivity index is 1.51. The molecule has 164 valence electrons. The quantitative estimate of drug-likeness (QED) is 0.756. The van der Waals surface area contributed by atoms with Crippen molar-refractivity contribution in [1.29, 1.82) is 0 Å². The zero-order valence-electron chi connectivity index (χ0n) is 17.5. The van der Waals surface area contributed by atoms with Gasteiger partial charge in [0.25, 0.3) is 5.91 Å². The summed E-state index contributed by atoms with van der Waals surface area (Å²) in [7, 11) is -3.82. The van der Waals surface area contributed by atoms with Crippen LogP contribution in [0.5, 0.6) is 5.75 Å². The number of hydrogen-bond donors (Lipinski definition) is 2. The average molecular weight is 444 g/mol. The molecule has 0 radical (unpaired) electrons. The van der Waals surface area contributed by atoms with Gasteiger partial charge in [-0.15, -0.1) is 0 Å². The summed E-state index contributed by atoms with van der Waals surface area (Å²) in [6, 6.07) is 10.2. The van der Waals surface area contributed by atoms with Crippen molar-refractivity contribution >= 4 is 33.2 Å². The van der Waals surface area contributed by atoms with Crippen LogP contribution in [0.4, 0.5) is 11.4 Å². The Morgan fingerprint density at radius 1 is 1.19 bits per heavy atom. The second kappa shape index (κ2) is 8.32. The summed E-state index contributed by atoms with van der Waals surface area (Å²) in [5.74, 6) is -0.519. The predicted octanol–water partition coefficient (Wildman–Crippen LogP) is 2.67. The maximum Gasteiger partial charge on any atom is 0.262 e. The van der Waals surface area contributed by atoms with Gasteiger partial charge in [-0.3, -0.25) is 9.59 Å². The van der Waals surface area contributed by atoms with Gasteiger partial charge >= 0.3 is 0 Å². The van der Waals surface area contributed by atoms with Gasteiger partial charge in [-0.25, -0.2) is 8.42 Å². The van der Waals surface area contributed by atoms with Crippen molar-refractivity contribution in [3.05, 3.63) is 47.5 Å². The zero-order chi connectivity index (χ0) is 22.2. The molecule has 1 saturated heterocycles. The fourth-order valence-electron chi connectivity index (χ4n) is 3.85. The van der Waals surface area contributed by atoms with E-state index in [0.717, 1.165) is 16.8 Å². The van der Waals surface area contributed by atoms with Crippen molar-refractivity contribution in [2.75, 3.05) is 30.3 Å². The van der Waals surface area contributed by atoms with Crippen LogP contribution in [-0.4, -0.2) is 44.2 Å². The highest BCUT2D eigenvalue weighted by Crippen LogP contribution is 2.32. The summed E-state index contributed by atoms with van der Waals surface area (Å²) >= 11 is 0. The van der Waals surface area contributed by atoms with E-state index < -0.39 is 15.9 Å². The van der Waals surface area contributed by atoms with Crippen molar-refractivity contribution < 1.29 is 22.7 Å². The molecule has 0 saturated carbocycles. The molecule has 0 bridgehead atoms. The van der Waals surface area contributed by atoms with E-state index in [-0.39, 0.29) is 29.9 Å². The fraction of sp³-hybridized carbons (Fsp3) is 0.364. The molecule has 31 heavy (non-hydrogen) atoms. The Morgan fingerprint density at radius 2 is 2.00 bits per heavy atom. The summed E-state index contributed by atoms with van der Waals surface area (Å²) in [5.41, 5.74) is 3.07. The lowest BCUT2D eigenvalue weighted by Crippen LogP contribution is -2.43. The smallest absolute Gasteiger partial charge is 0.262 e. The van der Waals surface area contributed by atoms with Gasteiger partial charge in [0.1, 0.15) is 5.75 Å². The maximum atomic E-state index is 13.2. The van der Waals surface area contributed by atoms with E-state index in [4.69, 9.17) is 4.74 Å². The molecule has 1 atom stereocenters. The van der Waals surface area contributed by atoms with Crippen LogP contribution >= 0.6 is 0 Å². The van der Waals surface area contributed by atoms with E-state index in [9.17, 15) is 18.0 Å². The van der Waals surface area contributed by atoms with E-state index in [1.165, 1.54) is 22.5 Å². The number of benzene rings is 2. The molecule has 2 heterocycles. The lowest BCUT2D eigenvalue weighted by Gasteiger charge is -2.31. The molecule has 9 heteroatoms. The Kier molecular flexibility index (Phi) is 5.72. The molecule has 4 rings (SSSR count). The standard InChI is InChI=1S/C22H25N3O5S/c1-14-5-6-15(2)18(10-14)24-22(27)16-4-3-9-25(12-16)31(28,29)17-7-8-20-19(11-17)23-21(26)13-30-20/h5-8,10-11,16H,3-4,9,12-13H2,1-2H3,(H,23,26)(H,24,27)/t16-/m0/s1. The van der Waals surface area contributed by atoms with Gasteiger partial charge in [0.05, 0.1) is 16.5 Å². The number of carbonyl (C=O) groups is 2. The molecular weight excluding hydrogens is 418 g/mol. The molecule has 0 aliphatic carbocycles. The SMILES string of the molecule is Cc1ccc(C)c(NC(=O)[C@H]2CCCN(S(=O)(=O)c3ccc4c(c3)NC(=O)CO4)C2)c1. The Morgan fingerprint density at radius 3 is 2.81 bits per heavy atom. The minimum Gasteiger partial charge on any atom is -0.482 e. The van der Waals surface area contributed by atoms with Crippen LogP contribution in [0.2, 0.25) is 0 Å². The van der Waals surface area contributed by atoms with Gasteiger partial charge in [0.15, 0.2) is 6.61 Å². The van der Waals surface area contributed by atoms with Crippen LogP contribution in [0.15, 0.2) is 41.3 Å². The van der Waals surface area contributed by atoms with E-state index in [1.54, 1.807) is 0 Å². The third-order valence-corrected chi connectivity index (χ3v) is 7.49. The van der Waals surface area contributed by atoms with Crippen LogP contribution < -0.4 is 15.4 Å². The number of anilines is 2. The van der Waals surface area contributed by atoms with Gasteiger partial charge in [0.2, 0.25) is 15.9 Å². The van der Waals surface area contributed by atoms with Crippen molar-refractivity contribution in [3.63, 3.8) is 0 Å². The summed E-state index contributed by atoms with van der Waals surface area (Å²) in [5, 5.41) is 5.58. The Hall–Kier alpha value is -2.91. The van der Waals surface area contributed by atoms with Crippen molar-refractivity contribution in [3.8, 4) is 5.75 Å². The topological polar surface area (TPSA) is 105 Å². The molecule has 0 aromatic heterocycles. The molecule has 0 unspecified atom stereocenters. The third kappa shape index (κ3) is 4.42. The summed E-state index contributed by atoms with van der Waals surface area (Å²) in [6.07, 6.45) is 1.21. The van der Waals surface area contributed by atoms with Gasteiger partial charge in [-0.2, -0.15) is 4.31 Å². The van der Waals surface area contributed by atoms with Gasteiger partial charge in [0, 0.05) is 18.8 Å². The van der Waals surface area contributed by atoms with Crippen LogP contribution in [0.1, 0.15) is 24.0 Å². The lowest BCUT2D eigenvalue weighted by molar-refractivity contribution is -0.121. The van der Waals surface area contributed by atoms with E-state index in [1.807, 2.05) is 32.0 Å². The second-order valence-corrected chi connectivity index (χ2v) is 9.94. The molecule has 8 nitrogen and oxygen atoms in total. The predicted molar refractivity (Wildman–Crippen MR) is 117 cm³/mol. The van der Waals surface area contributed by atoms with Gasteiger partial charge in [-0.05, 0) is 62.1 Å². The minimum atomic E-state index is -3.82. The highest BCUT2D eigenvalue weighted by atomic mass is 32.2. The fourth-order valence-corrected chi connectivity index (χ4v) is 5.40. The molecule has 1 fully saturated rings. The van der Waals surface area contributed by atoms with E-state index >= 15 is 0 Å². The van der Waals surface area contributed by atoms with Crippen molar-refractivity contribution in [1.82, 2.24) is 4.31 Å². The number of hydrogen-bond acceptors (Lipinski definition) is 5. The van der Waals surface area contributed by atoms with E-state index in [2.05, 4.69) is 10.6 Å². The summed E-state index contributed by atoms with van der Waals surface area (Å²) < 4.78 is 33.1. The van der Waals surface area contributed by atoms with Crippen LogP contribution in [-0.2, 0) is 19.6 Å². The molecular formula is C22H25N3O5S. The number of ether oxygens (including phenoxy) is 1. The van der Waals surface area contributed by atoms with Crippen LogP contribution in [0.25, 0.3) is 0 Å². The second-order valence-electron chi connectivity index (χ2n) is 8.00. The number of nitrogens with one attached hydrogen (secondary N) is 2. The molecule has 2 aromatic rings. The first-order chi connectivity index (χ1) is 14.7. The first kappa shape index (κ1) is 21.3. The molecule has 2 amide bonds. The van der Waals surface area contributed by atoms with Crippen molar-refractivity contribution in [2.45, 2.75) is 31.6 Å². The normalized spacial score (nSPS) is 19.2. The first-order valence-electron chi connectivity index (χ1n) is 10.2. The minimum absolute atomic E-state index is 0.0626. The largest absolute Gasteiger partial charge is 0.482 e. The molecule has 2 aromatic carbocycles. The van der Waals surface area contributed by atoms with Crippen LogP contribution in [0.3, 0.4) is 0 Å². The number of fused-ring (bicyclic) bond motifs is 1. The number of carbonyl (C=O) groups excluding carboxylic acids is 2. The summed E-state index contributed by atoms with van der Waals surface area (Å²) in [4.78, 5) is 24.5.